The van der Waals surface area contributed by atoms with Crippen molar-refractivity contribution in [1.29, 1.82) is 5.26 Å². The number of carbonyl (C=O) groups is 3. The number of carbonyl (C=O) groups excluding carboxylic acids is 3. The third-order valence-electron chi connectivity index (χ3n) is 5.18. The Morgan fingerprint density at radius 2 is 1.93 bits per heavy atom. The fourth-order valence-corrected chi connectivity index (χ4v) is 3.83. The van der Waals surface area contributed by atoms with Gasteiger partial charge in [-0.2, -0.15) is 5.26 Å². The molecule has 3 heterocycles. The highest BCUT2D eigenvalue weighted by molar-refractivity contribution is 5.94. The van der Waals surface area contributed by atoms with Gasteiger partial charge in [-0.05, 0) is 52.2 Å². The molecule has 0 spiro atoms. The minimum Gasteiger partial charge on any atom is -0.444 e. The fraction of sp³-hybridized carbons (Fsp3) is 0.571. The van der Waals surface area contributed by atoms with Crippen molar-refractivity contribution < 1.29 is 19.1 Å². The second kappa shape index (κ2) is 8.69. The van der Waals surface area contributed by atoms with Crippen LogP contribution in [0, 0.1) is 11.3 Å². The molecule has 2 saturated heterocycles. The highest BCUT2D eigenvalue weighted by Crippen LogP contribution is 2.26. The van der Waals surface area contributed by atoms with Crippen molar-refractivity contribution in [3.05, 3.63) is 30.1 Å². The van der Waals surface area contributed by atoms with Crippen LogP contribution >= 0.6 is 0 Å². The lowest BCUT2D eigenvalue weighted by Gasteiger charge is -2.30. The van der Waals surface area contributed by atoms with Gasteiger partial charge in [0, 0.05) is 37.1 Å². The summed E-state index contributed by atoms with van der Waals surface area (Å²) in [7, 11) is 0. The first-order valence-electron chi connectivity index (χ1n) is 10.1. The highest BCUT2D eigenvalue weighted by Gasteiger charge is 2.45. The minimum atomic E-state index is -0.781. The summed E-state index contributed by atoms with van der Waals surface area (Å²) in [6.45, 7) is 5.92. The van der Waals surface area contributed by atoms with E-state index in [1.807, 2.05) is 0 Å². The Morgan fingerprint density at radius 1 is 1.23 bits per heavy atom. The van der Waals surface area contributed by atoms with E-state index in [0.717, 1.165) is 6.42 Å². The number of hydrogen-bond acceptors (Lipinski definition) is 6. The monoisotopic (exact) mass is 413 g/mol. The maximum atomic E-state index is 13.2. The van der Waals surface area contributed by atoms with Gasteiger partial charge in [0.15, 0.2) is 0 Å². The number of nitrogens with zero attached hydrogens (tertiary/aromatic N) is 4. The molecule has 0 aromatic carbocycles. The summed E-state index contributed by atoms with van der Waals surface area (Å²) in [6, 6.07) is 3.68. The topological polar surface area (TPSA) is 116 Å². The van der Waals surface area contributed by atoms with Crippen molar-refractivity contribution in [2.75, 3.05) is 13.1 Å². The molecule has 0 bridgehead atoms. The predicted octanol–water partition coefficient (Wildman–Crippen LogP) is 1.70. The van der Waals surface area contributed by atoms with E-state index in [9.17, 15) is 19.6 Å². The van der Waals surface area contributed by atoms with Crippen LogP contribution in [-0.4, -0.2) is 69.5 Å². The molecule has 2 aliphatic heterocycles. The van der Waals surface area contributed by atoms with Crippen molar-refractivity contribution in [2.24, 2.45) is 0 Å². The Bertz CT molecular complexity index is 845. The van der Waals surface area contributed by atoms with E-state index in [-0.39, 0.29) is 24.8 Å². The van der Waals surface area contributed by atoms with Crippen LogP contribution in [0.4, 0.5) is 4.79 Å². The molecule has 3 atom stereocenters. The quantitative estimate of drug-likeness (QED) is 0.806. The molecular formula is C21H27N5O4. The van der Waals surface area contributed by atoms with Gasteiger partial charge in [0.2, 0.25) is 5.91 Å². The van der Waals surface area contributed by atoms with E-state index < -0.39 is 29.8 Å². The van der Waals surface area contributed by atoms with Crippen LogP contribution in [0.25, 0.3) is 0 Å². The van der Waals surface area contributed by atoms with Crippen LogP contribution < -0.4 is 5.32 Å². The third-order valence-corrected chi connectivity index (χ3v) is 5.18. The summed E-state index contributed by atoms with van der Waals surface area (Å²) >= 11 is 0. The van der Waals surface area contributed by atoms with Crippen LogP contribution in [0.3, 0.4) is 0 Å². The van der Waals surface area contributed by atoms with Crippen LogP contribution in [0.2, 0.25) is 0 Å². The minimum absolute atomic E-state index is 0.160. The Kier molecular flexibility index (Phi) is 6.25. The molecule has 30 heavy (non-hydrogen) atoms. The molecule has 9 nitrogen and oxygen atoms in total. The summed E-state index contributed by atoms with van der Waals surface area (Å²) in [6.07, 6.45) is 4.10. The standard InChI is InChI=1S/C21H27N5O4/c1-21(2,3)30-20(29)26-13-15(24-18(27)14-6-8-23-9-7-14)11-17(26)19(28)25-10-4-5-16(25)12-22/h6-9,15-17H,4-5,10-11,13H2,1-3H3,(H,24,27)/t15?,16-,17?/m0/s1. The maximum absolute atomic E-state index is 13.2. The Hall–Kier alpha value is -3.15. The van der Waals surface area contributed by atoms with E-state index in [4.69, 9.17) is 4.74 Å². The zero-order valence-electron chi connectivity index (χ0n) is 17.5. The summed E-state index contributed by atoms with van der Waals surface area (Å²) in [5, 5.41) is 12.2. The third kappa shape index (κ3) is 4.87. The molecule has 2 unspecified atom stereocenters. The Labute approximate surface area is 176 Å². The summed E-state index contributed by atoms with van der Waals surface area (Å²) in [5.74, 6) is -0.568. The first-order chi connectivity index (χ1) is 14.2. The van der Waals surface area contributed by atoms with E-state index in [0.29, 0.717) is 18.5 Å². The molecule has 3 amide bonds. The predicted molar refractivity (Wildman–Crippen MR) is 107 cm³/mol. The second-order valence-electron chi connectivity index (χ2n) is 8.61. The molecule has 3 rings (SSSR count). The molecule has 0 aliphatic carbocycles. The molecule has 9 heteroatoms. The van der Waals surface area contributed by atoms with Crippen molar-refractivity contribution in [3.8, 4) is 6.07 Å². The summed E-state index contributed by atoms with van der Waals surface area (Å²) in [4.78, 5) is 45.3. The number of nitrogens with one attached hydrogen (secondary N) is 1. The SMILES string of the molecule is CC(C)(C)OC(=O)N1CC(NC(=O)c2ccncc2)CC1C(=O)N1CCC[C@H]1C#N. The first-order valence-corrected chi connectivity index (χ1v) is 10.1. The highest BCUT2D eigenvalue weighted by atomic mass is 16.6. The van der Waals surface area contributed by atoms with Crippen molar-refractivity contribution in [1.82, 2.24) is 20.1 Å². The number of amides is 3. The first kappa shape index (κ1) is 21.6. The number of nitriles is 1. The smallest absolute Gasteiger partial charge is 0.411 e. The van der Waals surface area contributed by atoms with Gasteiger partial charge in [0.05, 0.1) is 6.07 Å². The van der Waals surface area contributed by atoms with E-state index in [2.05, 4.69) is 16.4 Å². The number of hydrogen-bond donors (Lipinski definition) is 1. The van der Waals surface area contributed by atoms with Crippen molar-refractivity contribution in [3.63, 3.8) is 0 Å². The zero-order chi connectivity index (χ0) is 21.9. The molecule has 0 radical (unpaired) electrons. The molecule has 2 fully saturated rings. The number of aromatic nitrogens is 1. The largest absolute Gasteiger partial charge is 0.444 e. The Balaban J connectivity index is 1.77. The number of likely N-dealkylation sites (tertiary alicyclic amines) is 2. The molecular weight excluding hydrogens is 386 g/mol. The van der Waals surface area contributed by atoms with E-state index in [1.165, 1.54) is 22.2 Å². The lowest BCUT2D eigenvalue weighted by atomic mass is 10.1. The van der Waals surface area contributed by atoms with Crippen molar-refractivity contribution >= 4 is 17.9 Å². The zero-order valence-corrected chi connectivity index (χ0v) is 17.5. The maximum Gasteiger partial charge on any atom is 0.411 e. The average molecular weight is 413 g/mol. The van der Waals surface area contributed by atoms with Crippen molar-refractivity contribution in [2.45, 2.75) is 63.8 Å². The van der Waals surface area contributed by atoms with Gasteiger partial charge >= 0.3 is 6.09 Å². The Morgan fingerprint density at radius 3 is 2.57 bits per heavy atom. The number of pyridine rings is 1. The van der Waals surface area contributed by atoms with Gasteiger partial charge < -0.3 is 15.0 Å². The molecule has 1 N–H and O–H groups in total. The van der Waals surface area contributed by atoms with Gasteiger partial charge in [0.1, 0.15) is 17.7 Å². The van der Waals surface area contributed by atoms with E-state index >= 15 is 0 Å². The second-order valence-corrected chi connectivity index (χ2v) is 8.61. The lowest BCUT2D eigenvalue weighted by Crippen LogP contribution is -2.50. The number of ether oxygens (including phenoxy) is 1. The van der Waals surface area contributed by atoms with Gasteiger partial charge in [-0.25, -0.2) is 4.79 Å². The normalized spacial score (nSPS) is 23.7. The average Bonchev–Trinajstić information content (AvgIpc) is 3.33. The number of rotatable bonds is 3. The van der Waals surface area contributed by atoms with Crippen LogP contribution in [0.5, 0.6) is 0 Å². The molecule has 1 aromatic rings. The molecule has 0 saturated carbocycles. The van der Waals surface area contributed by atoms with Crippen LogP contribution in [0.1, 0.15) is 50.4 Å². The van der Waals surface area contributed by atoms with Crippen LogP contribution in [0.15, 0.2) is 24.5 Å². The lowest BCUT2D eigenvalue weighted by molar-refractivity contribution is -0.135. The van der Waals surface area contributed by atoms with E-state index in [1.54, 1.807) is 32.9 Å². The molecule has 2 aliphatic rings. The van der Waals surface area contributed by atoms with Crippen LogP contribution in [-0.2, 0) is 9.53 Å². The fourth-order valence-electron chi connectivity index (χ4n) is 3.83. The summed E-state index contributed by atoms with van der Waals surface area (Å²) < 4.78 is 5.49. The summed E-state index contributed by atoms with van der Waals surface area (Å²) in [5.41, 5.74) is -0.265. The molecule has 160 valence electrons. The van der Waals surface area contributed by atoms with Gasteiger partial charge in [-0.3, -0.25) is 19.5 Å². The molecule has 1 aromatic heterocycles. The van der Waals surface area contributed by atoms with Gasteiger partial charge in [-0.1, -0.05) is 0 Å². The van der Waals surface area contributed by atoms with Gasteiger partial charge in [-0.15, -0.1) is 0 Å². The van der Waals surface area contributed by atoms with Gasteiger partial charge in [0.25, 0.3) is 5.91 Å².